The van der Waals surface area contributed by atoms with E-state index in [1.807, 2.05) is 35.2 Å². The number of hydrogen-bond acceptors (Lipinski definition) is 1. The van der Waals surface area contributed by atoms with Crippen LogP contribution in [0.5, 0.6) is 0 Å². The Hall–Kier alpha value is -0.830. The van der Waals surface area contributed by atoms with E-state index in [0.29, 0.717) is 4.83 Å². The summed E-state index contributed by atoms with van der Waals surface area (Å²) >= 11 is 3.53. The Morgan fingerprint density at radius 3 is 2.64 bits per heavy atom. The Morgan fingerprint density at radius 1 is 1.36 bits per heavy atom. The SMILES string of the molecule is O=C(c1ccccc1)N1CCC(Br)C1. The van der Waals surface area contributed by atoms with E-state index < -0.39 is 0 Å². The first kappa shape index (κ1) is 9.71. The number of rotatable bonds is 1. The van der Waals surface area contributed by atoms with Crippen molar-refractivity contribution in [2.24, 2.45) is 0 Å². The maximum absolute atomic E-state index is 11.9. The number of benzene rings is 1. The van der Waals surface area contributed by atoms with Gasteiger partial charge in [-0.2, -0.15) is 0 Å². The van der Waals surface area contributed by atoms with Crippen molar-refractivity contribution in [1.82, 2.24) is 4.90 Å². The molecule has 1 aromatic carbocycles. The van der Waals surface area contributed by atoms with Gasteiger partial charge in [-0.3, -0.25) is 4.79 Å². The van der Waals surface area contributed by atoms with Crippen molar-refractivity contribution in [2.75, 3.05) is 13.1 Å². The van der Waals surface area contributed by atoms with Crippen molar-refractivity contribution in [3.63, 3.8) is 0 Å². The van der Waals surface area contributed by atoms with Crippen LogP contribution in [0.3, 0.4) is 0 Å². The van der Waals surface area contributed by atoms with Gasteiger partial charge in [-0.05, 0) is 18.6 Å². The first-order valence-corrected chi connectivity index (χ1v) is 5.67. The number of alkyl halides is 1. The lowest BCUT2D eigenvalue weighted by atomic mass is 10.2. The molecule has 0 N–H and O–H groups in total. The number of carbonyl (C=O) groups excluding carboxylic acids is 1. The first-order valence-electron chi connectivity index (χ1n) is 4.76. The standard InChI is InChI=1S/C11H12BrNO/c12-10-6-7-13(8-10)11(14)9-4-2-1-3-5-9/h1-5,10H,6-8H2. The van der Waals surface area contributed by atoms with Crippen LogP contribution in [0, 0.1) is 0 Å². The van der Waals surface area contributed by atoms with Gasteiger partial charge in [0.25, 0.3) is 5.91 Å². The second-order valence-corrected chi connectivity index (χ2v) is 4.80. The molecule has 14 heavy (non-hydrogen) atoms. The van der Waals surface area contributed by atoms with Gasteiger partial charge in [-0.25, -0.2) is 0 Å². The summed E-state index contributed by atoms with van der Waals surface area (Å²) < 4.78 is 0. The molecule has 0 aromatic heterocycles. The molecule has 3 heteroatoms. The topological polar surface area (TPSA) is 20.3 Å². The average Bonchev–Trinajstić information content (AvgIpc) is 2.65. The van der Waals surface area contributed by atoms with Crippen LogP contribution in [-0.2, 0) is 0 Å². The zero-order chi connectivity index (χ0) is 9.97. The van der Waals surface area contributed by atoms with E-state index in [-0.39, 0.29) is 5.91 Å². The Bertz CT molecular complexity index is 325. The fourth-order valence-corrected chi connectivity index (χ4v) is 2.22. The monoisotopic (exact) mass is 253 g/mol. The number of amides is 1. The van der Waals surface area contributed by atoms with E-state index in [4.69, 9.17) is 0 Å². The molecule has 0 aliphatic carbocycles. The van der Waals surface area contributed by atoms with Crippen molar-refractivity contribution in [2.45, 2.75) is 11.2 Å². The lowest BCUT2D eigenvalue weighted by Crippen LogP contribution is -2.28. The molecule has 1 fully saturated rings. The van der Waals surface area contributed by atoms with Gasteiger partial charge in [0.15, 0.2) is 0 Å². The number of hydrogen-bond donors (Lipinski definition) is 0. The molecule has 1 aromatic rings. The number of likely N-dealkylation sites (tertiary alicyclic amines) is 1. The molecule has 1 atom stereocenters. The highest BCUT2D eigenvalue weighted by atomic mass is 79.9. The van der Waals surface area contributed by atoms with Crippen LogP contribution in [0.4, 0.5) is 0 Å². The summed E-state index contributed by atoms with van der Waals surface area (Å²) in [7, 11) is 0. The lowest BCUT2D eigenvalue weighted by molar-refractivity contribution is 0.0793. The van der Waals surface area contributed by atoms with Crippen LogP contribution < -0.4 is 0 Å². The number of halogens is 1. The Kier molecular flexibility index (Phi) is 2.87. The van der Waals surface area contributed by atoms with Gasteiger partial charge in [-0.1, -0.05) is 34.1 Å². The van der Waals surface area contributed by atoms with Gasteiger partial charge in [0, 0.05) is 23.5 Å². The molecule has 2 nitrogen and oxygen atoms in total. The molecule has 1 amide bonds. The third-order valence-electron chi connectivity index (χ3n) is 2.44. The van der Waals surface area contributed by atoms with Crippen LogP contribution in [0.15, 0.2) is 30.3 Å². The molecular weight excluding hydrogens is 242 g/mol. The predicted molar refractivity (Wildman–Crippen MR) is 59.7 cm³/mol. The van der Waals surface area contributed by atoms with Gasteiger partial charge >= 0.3 is 0 Å². The third-order valence-corrected chi connectivity index (χ3v) is 3.19. The Balaban J connectivity index is 2.10. The predicted octanol–water partition coefficient (Wildman–Crippen LogP) is 2.30. The van der Waals surface area contributed by atoms with Crippen molar-refractivity contribution in [3.05, 3.63) is 35.9 Å². The smallest absolute Gasteiger partial charge is 0.253 e. The van der Waals surface area contributed by atoms with Crippen LogP contribution in [0.2, 0.25) is 0 Å². The Morgan fingerprint density at radius 2 is 2.07 bits per heavy atom. The summed E-state index contributed by atoms with van der Waals surface area (Å²) in [5, 5.41) is 0. The van der Waals surface area contributed by atoms with Crippen LogP contribution in [0.1, 0.15) is 16.8 Å². The lowest BCUT2D eigenvalue weighted by Gasteiger charge is -2.15. The third kappa shape index (κ3) is 1.98. The molecule has 1 saturated heterocycles. The molecule has 1 aliphatic rings. The zero-order valence-corrected chi connectivity index (χ0v) is 9.40. The number of nitrogens with zero attached hydrogens (tertiary/aromatic N) is 1. The summed E-state index contributed by atoms with van der Waals surface area (Å²) in [5.41, 5.74) is 0.786. The number of carbonyl (C=O) groups is 1. The average molecular weight is 254 g/mol. The maximum atomic E-state index is 11.9. The van der Waals surface area contributed by atoms with Crippen LogP contribution in [0.25, 0.3) is 0 Å². The fraction of sp³-hybridized carbons (Fsp3) is 0.364. The molecule has 0 spiro atoms. The van der Waals surface area contributed by atoms with E-state index in [1.54, 1.807) is 0 Å². The van der Waals surface area contributed by atoms with Gasteiger partial charge in [0.05, 0.1) is 0 Å². The minimum atomic E-state index is 0.146. The summed E-state index contributed by atoms with van der Waals surface area (Å²) in [6, 6.07) is 9.45. The highest BCUT2D eigenvalue weighted by molar-refractivity contribution is 9.09. The highest BCUT2D eigenvalue weighted by Gasteiger charge is 2.24. The second kappa shape index (κ2) is 4.13. The molecule has 0 radical (unpaired) electrons. The van der Waals surface area contributed by atoms with Crippen LogP contribution >= 0.6 is 15.9 Å². The molecular formula is C11H12BrNO. The molecule has 0 bridgehead atoms. The molecule has 1 aliphatic heterocycles. The van der Waals surface area contributed by atoms with Crippen molar-refractivity contribution < 1.29 is 4.79 Å². The zero-order valence-electron chi connectivity index (χ0n) is 7.82. The van der Waals surface area contributed by atoms with Crippen molar-refractivity contribution in [1.29, 1.82) is 0 Å². The summed E-state index contributed by atoms with van der Waals surface area (Å²) in [4.78, 5) is 14.3. The molecule has 1 heterocycles. The summed E-state index contributed by atoms with van der Waals surface area (Å²) in [5.74, 6) is 0.146. The van der Waals surface area contributed by atoms with Gasteiger partial charge in [0.2, 0.25) is 0 Å². The second-order valence-electron chi connectivity index (χ2n) is 3.50. The molecule has 0 saturated carbocycles. The molecule has 1 unspecified atom stereocenters. The van der Waals surface area contributed by atoms with E-state index in [0.717, 1.165) is 25.1 Å². The fourth-order valence-electron chi connectivity index (χ4n) is 1.67. The first-order chi connectivity index (χ1) is 6.77. The highest BCUT2D eigenvalue weighted by Crippen LogP contribution is 2.18. The van der Waals surface area contributed by atoms with E-state index in [1.165, 1.54) is 0 Å². The maximum Gasteiger partial charge on any atom is 0.253 e. The van der Waals surface area contributed by atoms with Gasteiger partial charge in [0.1, 0.15) is 0 Å². The normalized spacial score (nSPS) is 21.2. The quantitative estimate of drug-likeness (QED) is 0.704. The Labute approximate surface area is 92.0 Å². The molecule has 2 rings (SSSR count). The van der Waals surface area contributed by atoms with Crippen LogP contribution in [-0.4, -0.2) is 28.7 Å². The van der Waals surface area contributed by atoms with E-state index >= 15 is 0 Å². The molecule has 74 valence electrons. The van der Waals surface area contributed by atoms with Gasteiger partial charge in [-0.15, -0.1) is 0 Å². The van der Waals surface area contributed by atoms with Crippen molar-refractivity contribution >= 4 is 21.8 Å². The van der Waals surface area contributed by atoms with E-state index in [9.17, 15) is 4.79 Å². The summed E-state index contributed by atoms with van der Waals surface area (Å²) in [6.45, 7) is 1.69. The summed E-state index contributed by atoms with van der Waals surface area (Å²) in [6.07, 6.45) is 1.05. The van der Waals surface area contributed by atoms with Gasteiger partial charge < -0.3 is 4.90 Å². The minimum Gasteiger partial charge on any atom is -0.337 e. The minimum absolute atomic E-state index is 0.146. The largest absolute Gasteiger partial charge is 0.337 e. The van der Waals surface area contributed by atoms with E-state index in [2.05, 4.69) is 15.9 Å². The van der Waals surface area contributed by atoms with Crippen molar-refractivity contribution in [3.8, 4) is 0 Å².